The van der Waals surface area contributed by atoms with Crippen molar-refractivity contribution in [3.05, 3.63) is 76.0 Å². The molecule has 1 atom stereocenters. The molecule has 5 aliphatic heterocycles. The number of nitrogens with zero attached hydrogens (tertiary/aromatic N) is 8. The predicted molar refractivity (Wildman–Crippen MR) is 198 cm³/mol. The van der Waals surface area contributed by atoms with Crippen LogP contribution in [0.15, 0.2) is 54.7 Å². The third-order valence-corrected chi connectivity index (χ3v) is 11.8. The Morgan fingerprint density at radius 2 is 1.61 bits per heavy atom. The van der Waals surface area contributed by atoms with Crippen LogP contribution in [0.4, 0.5) is 17.2 Å². The van der Waals surface area contributed by atoms with E-state index >= 15 is 0 Å². The van der Waals surface area contributed by atoms with Crippen molar-refractivity contribution in [1.29, 1.82) is 0 Å². The molecular formula is C38H40N10O6. The van der Waals surface area contributed by atoms with Crippen LogP contribution in [-0.2, 0) is 9.59 Å². The van der Waals surface area contributed by atoms with Crippen LogP contribution in [-0.4, -0.2) is 129 Å². The zero-order valence-corrected chi connectivity index (χ0v) is 29.6. The van der Waals surface area contributed by atoms with Crippen LogP contribution in [0.3, 0.4) is 0 Å². The molecule has 278 valence electrons. The summed E-state index contributed by atoms with van der Waals surface area (Å²) in [6.07, 6.45) is 4.10. The van der Waals surface area contributed by atoms with Gasteiger partial charge < -0.3 is 9.80 Å². The number of piperazine rings is 1. The summed E-state index contributed by atoms with van der Waals surface area (Å²) in [4.78, 5) is 76.8. The number of nitro groups is 1. The smallest absolute Gasteiger partial charge is 0.270 e. The summed E-state index contributed by atoms with van der Waals surface area (Å²) < 4.78 is 0. The molecule has 0 saturated carbocycles. The van der Waals surface area contributed by atoms with Crippen LogP contribution >= 0.6 is 0 Å². The van der Waals surface area contributed by atoms with Gasteiger partial charge in [-0.3, -0.25) is 54.4 Å². The van der Waals surface area contributed by atoms with Gasteiger partial charge in [0.2, 0.25) is 11.8 Å². The lowest BCUT2D eigenvalue weighted by atomic mass is 9.93. The van der Waals surface area contributed by atoms with E-state index in [1.54, 1.807) is 30.5 Å². The number of amides is 4. The number of nitrogens with one attached hydrogen (secondary N) is 2. The molecule has 4 fully saturated rings. The van der Waals surface area contributed by atoms with Crippen LogP contribution in [0.25, 0.3) is 22.2 Å². The first-order chi connectivity index (χ1) is 26.2. The minimum absolute atomic E-state index is 0.0326. The quantitative estimate of drug-likeness (QED) is 0.154. The zero-order valence-electron chi connectivity index (χ0n) is 29.6. The molecule has 1 unspecified atom stereocenters. The van der Waals surface area contributed by atoms with Gasteiger partial charge in [-0.25, -0.2) is 4.98 Å². The molecule has 9 rings (SSSR count). The molecule has 2 N–H and O–H groups in total. The first-order valence-electron chi connectivity index (χ1n) is 18.6. The molecule has 2 aromatic carbocycles. The maximum Gasteiger partial charge on any atom is 0.270 e. The molecule has 16 nitrogen and oxygen atoms in total. The number of pyridine rings is 1. The molecule has 7 heterocycles. The van der Waals surface area contributed by atoms with Crippen LogP contribution < -0.4 is 15.1 Å². The number of hydrogen-bond acceptors (Lipinski definition) is 12. The number of nitro benzene ring substituents is 1. The summed E-state index contributed by atoms with van der Waals surface area (Å²) in [5, 5.41) is 21.8. The second-order valence-corrected chi connectivity index (χ2v) is 15.0. The zero-order chi connectivity index (χ0) is 37.1. The summed E-state index contributed by atoms with van der Waals surface area (Å²) >= 11 is 0. The Balaban J connectivity index is 0.740. The predicted octanol–water partition coefficient (Wildman–Crippen LogP) is 2.66. The van der Waals surface area contributed by atoms with Crippen molar-refractivity contribution in [1.82, 2.24) is 35.2 Å². The molecular weight excluding hydrogens is 692 g/mol. The average molecular weight is 733 g/mol. The van der Waals surface area contributed by atoms with Gasteiger partial charge in [0.05, 0.1) is 21.6 Å². The third kappa shape index (κ3) is 6.14. The van der Waals surface area contributed by atoms with Gasteiger partial charge in [-0.15, -0.1) is 0 Å². The summed E-state index contributed by atoms with van der Waals surface area (Å²) in [6.45, 7) is 8.60. The lowest BCUT2D eigenvalue weighted by Crippen LogP contribution is -2.63. The molecule has 0 spiro atoms. The molecule has 0 bridgehead atoms. The fourth-order valence-electron chi connectivity index (χ4n) is 8.71. The van der Waals surface area contributed by atoms with E-state index in [1.807, 2.05) is 18.2 Å². The number of piperidine rings is 2. The van der Waals surface area contributed by atoms with E-state index in [-0.39, 0.29) is 24.4 Å². The Kier molecular flexibility index (Phi) is 8.57. The fourth-order valence-corrected chi connectivity index (χ4v) is 8.71. The molecule has 4 amide bonds. The highest BCUT2D eigenvalue weighted by atomic mass is 16.6. The van der Waals surface area contributed by atoms with Crippen LogP contribution in [0.5, 0.6) is 0 Å². The van der Waals surface area contributed by atoms with Crippen LogP contribution in [0, 0.1) is 16.0 Å². The van der Waals surface area contributed by atoms with Gasteiger partial charge >= 0.3 is 0 Å². The normalized spacial score (nSPS) is 21.9. The number of carbonyl (C=O) groups excluding carboxylic acids is 4. The van der Waals surface area contributed by atoms with Gasteiger partial charge in [0.15, 0.2) is 0 Å². The number of benzene rings is 2. The largest absolute Gasteiger partial charge is 0.371 e. The van der Waals surface area contributed by atoms with Gasteiger partial charge in [0, 0.05) is 106 Å². The Hall–Kier alpha value is -5.74. The van der Waals surface area contributed by atoms with E-state index in [0.717, 1.165) is 99.2 Å². The van der Waals surface area contributed by atoms with E-state index in [4.69, 9.17) is 0 Å². The van der Waals surface area contributed by atoms with Gasteiger partial charge in [0.1, 0.15) is 17.6 Å². The molecule has 4 aromatic rings. The van der Waals surface area contributed by atoms with Crippen molar-refractivity contribution in [2.75, 3.05) is 68.7 Å². The monoisotopic (exact) mass is 732 g/mol. The topological polar surface area (TPSA) is 181 Å². The standard InChI is InChI=1S/C38H40N10O6/c49-34-6-5-32(36(50)40-34)47-37(51)28-3-1-25(18-29(28)38(47)52)44-11-8-23(9-12-44)20-43-21-27(22-43)45-13-15-46(16-14-45)33-17-24(7-10-39-33)35-30-19-26(48(53)54)2-4-31(30)41-42-35/h1-4,7,10,17-19,23,27,32H,5-6,8-9,11-16,20-22H2,(H,41,42)(H,40,49,50). The number of fused-ring (bicyclic) bond motifs is 2. The fraction of sp³-hybridized carbons (Fsp3) is 0.421. The van der Waals surface area contributed by atoms with E-state index < -0.39 is 28.7 Å². The molecule has 5 aliphatic rings. The van der Waals surface area contributed by atoms with Crippen molar-refractivity contribution in [2.45, 2.75) is 37.8 Å². The van der Waals surface area contributed by atoms with Crippen molar-refractivity contribution in [3.63, 3.8) is 0 Å². The number of aromatic nitrogens is 3. The van der Waals surface area contributed by atoms with Gasteiger partial charge in [0.25, 0.3) is 17.5 Å². The van der Waals surface area contributed by atoms with Crippen molar-refractivity contribution in [2.24, 2.45) is 5.92 Å². The maximum absolute atomic E-state index is 13.3. The number of rotatable bonds is 8. The third-order valence-electron chi connectivity index (χ3n) is 11.8. The average Bonchev–Trinajstić information content (AvgIpc) is 3.70. The van der Waals surface area contributed by atoms with Crippen molar-refractivity contribution < 1.29 is 24.1 Å². The molecule has 0 aliphatic carbocycles. The van der Waals surface area contributed by atoms with E-state index in [0.29, 0.717) is 34.2 Å². The van der Waals surface area contributed by atoms with Crippen molar-refractivity contribution >= 4 is 51.7 Å². The van der Waals surface area contributed by atoms with Crippen molar-refractivity contribution in [3.8, 4) is 11.3 Å². The lowest BCUT2D eigenvalue weighted by molar-refractivity contribution is -0.384. The van der Waals surface area contributed by atoms with Crippen LogP contribution in [0.2, 0.25) is 0 Å². The number of hydrogen-bond donors (Lipinski definition) is 2. The summed E-state index contributed by atoms with van der Waals surface area (Å²) in [7, 11) is 0. The van der Waals surface area contributed by atoms with Crippen LogP contribution in [0.1, 0.15) is 46.4 Å². The number of likely N-dealkylation sites (tertiary alicyclic amines) is 1. The number of non-ortho nitro benzene ring substituents is 1. The highest BCUT2D eigenvalue weighted by Crippen LogP contribution is 2.34. The number of aromatic amines is 1. The number of H-pyrrole nitrogens is 1. The highest BCUT2D eigenvalue weighted by molar-refractivity contribution is 6.23. The molecule has 54 heavy (non-hydrogen) atoms. The minimum Gasteiger partial charge on any atom is -0.371 e. The lowest BCUT2D eigenvalue weighted by Gasteiger charge is -2.49. The number of carbonyl (C=O) groups is 4. The van der Waals surface area contributed by atoms with Gasteiger partial charge in [-0.05, 0) is 61.6 Å². The first-order valence-corrected chi connectivity index (χ1v) is 18.6. The second-order valence-electron chi connectivity index (χ2n) is 15.0. The number of anilines is 2. The molecule has 2 aromatic heterocycles. The van der Waals surface area contributed by atoms with Gasteiger partial charge in [-0.1, -0.05) is 0 Å². The Morgan fingerprint density at radius 3 is 2.37 bits per heavy atom. The first kappa shape index (κ1) is 34.1. The second kappa shape index (κ2) is 13.6. The SMILES string of the molecule is O=C1CCC(N2C(=O)c3ccc(N4CCC(CN5CC(N6CCN(c7cc(-c8n[nH]c9ccc([N+](=O)[O-])cc89)ccn7)CC6)C5)CC4)cc3C2=O)C(=O)N1. The summed E-state index contributed by atoms with van der Waals surface area (Å²) in [6, 6.07) is 13.6. The summed E-state index contributed by atoms with van der Waals surface area (Å²) in [5.41, 5.74) is 3.85. The van der Waals surface area contributed by atoms with E-state index in [9.17, 15) is 29.3 Å². The Bertz CT molecular complexity index is 2180. The minimum atomic E-state index is -0.965. The van der Waals surface area contributed by atoms with Gasteiger partial charge in [-0.2, -0.15) is 5.10 Å². The molecule has 16 heteroatoms. The Morgan fingerprint density at radius 1 is 0.833 bits per heavy atom. The Labute approximate surface area is 310 Å². The van der Waals surface area contributed by atoms with E-state index in [2.05, 4.69) is 40.1 Å². The summed E-state index contributed by atoms with van der Waals surface area (Å²) in [5.74, 6) is -0.475. The highest BCUT2D eigenvalue weighted by Gasteiger charge is 2.45. The molecule has 0 radical (unpaired) electrons. The van der Waals surface area contributed by atoms with E-state index in [1.165, 1.54) is 6.07 Å². The number of imide groups is 2. The molecule has 4 saturated heterocycles. The maximum atomic E-state index is 13.3.